The Morgan fingerprint density at radius 3 is 2.76 bits per heavy atom. The van der Waals surface area contributed by atoms with Crippen molar-refractivity contribution in [1.29, 1.82) is 0 Å². The molecule has 0 saturated carbocycles. The fraction of sp³-hybridized carbons (Fsp3) is 0.360. The smallest absolute Gasteiger partial charge is 0.205 e. The molecule has 1 saturated heterocycles. The molecule has 1 fully saturated rings. The van der Waals surface area contributed by atoms with Crippen LogP contribution in [0, 0.1) is 0 Å². The van der Waals surface area contributed by atoms with E-state index in [1.165, 1.54) is 0 Å². The molecular weight excluding hydrogens is 418 g/mol. The number of aromatic nitrogens is 3. The van der Waals surface area contributed by atoms with Crippen LogP contribution in [0.25, 0.3) is 22.1 Å². The molecule has 4 aromatic rings. The number of hydrogen-bond acceptors (Lipinski definition) is 7. The molecule has 3 N–H and O–H groups in total. The lowest BCUT2D eigenvalue weighted by atomic mass is 10.1. The van der Waals surface area contributed by atoms with Crippen LogP contribution in [0.4, 0.5) is 5.82 Å². The highest BCUT2D eigenvalue weighted by atomic mass is 16.5. The lowest BCUT2D eigenvalue weighted by Crippen LogP contribution is -2.29. The van der Waals surface area contributed by atoms with E-state index in [2.05, 4.69) is 26.3 Å². The monoisotopic (exact) mass is 447 g/mol. The first kappa shape index (κ1) is 21.3. The van der Waals surface area contributed by atoms with Gasteiger partial charge in [-0.2, -0.15) is 5.10 Å². The summed E-state index contributed by atoms with van der Waals surface area (Å²) >= 11 is 0. The standard InChI is InChI=1S/C25H29N5O3/c1-16(11-17-3-5-20(31-2)6-4-17)33-24-23-21(13-28-25(24)26)22(15-32-23)18-12-29-30(14-18)19-7-9-27-10-8-19/h3-6,12-16,19,27H,7-11H2,1-2H3,(H2,26,28). The van der Waals surface area contributed by atoms with Gasteiger partial charge >= 0.3 is 0 Å². The summed E-state index contributed by atoms with van der Waals surface area (Å²) < 4.78 is 19.5. The first-order valence-electron chi connectivity index (χ1n) is 11.3. The number of pyridine rings is 1. The first-order chi connectivity index (χ1) is 16.1. The third kappa shape index (κ3) is 4.39. The van der Waals surface area contributed by atoms with Crippen molar-refractivity contribution in [3.05, 3.63) is 54.7 Å². The Balaban J connectivity index is 1.38. The summed E-state index contributed by atoms with van der Waals surface area (Å²) in [6.07, 6.45) is 10.2. The highest BCUT2D eigenvalue weighted by Gasteiger charge is 2.21. The molecule has 0 spiro atoms. The van der Waals surface area contributed by atoms with Gasteiger partial charge in [-0.05, 0) is 50.6 Å². The van der Waals surface area contributed by atoms with Gasteiger partial charge in [0.25, 0.3) is 0 Å². The molecule has 1 atom stereocenters. The Kier molecular flexibility index (Phi) is 5.92. The van der Waals surface area contributed by atoms with Crippen molar-refractivity contribution in [2.24, 2.45) is 0 Å². The lowest BCUT2D eigenvalue weighted by Gasteiger charge is -2.22. The molecule has 0 bridgehead atoms. The van der Waals surface area contributed by atoms with E-state index in [0.29, 0.717) is 23.2 Å². The zero-order chi connectivity index (χ0) is 22.8. The normalized spacial score (nSPS) is 15.6. The van der Waals surface area contributed by atoms with E-state index < -0.39 is 0 Å². The number of benzene rings is 1. The van der Waals surface area contributed by atoms with Gasteiger partial charge < -0.3 is 24.9 Å². The summed E-state index contributed by atoms with van der Waals surface area (Å²) in [5.41, 5.74) is 9.86. The Labute approximate surface area is 192 Å². The number of rotatable bonds is 7. The summed E-state index contributed by atoms with van der Waals surface area (Å²) in [7, 11) is 1.66. The third-order valence-corrected chi connectivity index (χ3v) is 6.20. The van der Waals surface area contributed by atoms with Gasteiger partial charge in [0.2, 0.25) is 5.75 Å². The zero-order valence-corrected chi connectivity index (χ0v) is 19.0. The molecule has 172 valence electrons. The predicted octanol–water partition coefficient (Wildman–Crippen LogP) is 4.22. The van der Waals surface area contributed by atoms with Crippen LogP contribution in [0.2, 0.25) is 0 Å². The number of nitrogens with two attached hydrogens (primary N) is 1. The van der Waals surface area contributed by atoms with Crippen LogP contribution >= 0.6 is 0 Å². The average Bonchev–Trinajstić information content (AvgIpc) is 3.49. The van der Waals surface area contributed by atoms with Crippen molar-refractivity contribution in [2.75, 3.05) is 25.9 Å². The van der Waals surface area contributed by atoms with Crippen LogP contribution < -0.4 is 20.5 Å². The van der Waals surface area contributed by atoms with E-state index in [9.17, 15) is 0 Å². The second-order valence-corrected chi connectivity index (χ2v) is 8.54. The molecule has 1 aliphatic heterocycles. The molecule has 8 nitrogen and oxygen atoms in total. The van der Waals surface area contributed by atoms with Crippen LogP contribution in [0.5, 0.6) is 11.5 Å². The first-order valence-corrected chi connectivity index (χ1v) is 11.3. The number of nitrogens with one attached hydrogen (secondary N) is 1. The third-order valence-electron chi connectivity index (χ3n) is 6.20. The molecule has 4 heterocycles. The van der Waals surface area contributed by atoms with E-state index in [0.717, 1.165) is 60.2 Å². The van der Waals surface area contributed by atoms with E-state index in [4.69, 9.17) is 19.6 Å². The minimum atomic E-state index is -0.121. The fourth-order valence-electron chi connectivity index (χ4n) is 4.40. The Hall–Kier alpha value is -3.52. The number of methoxy groups -OCH3 is 1. The molecular formula is C25H29N5O3. The predicted molar refractivity (Wildman–Crippen MR) is 128 cm³/mol. The highest BCUT2D eigenvalue weighted by Crippen LogP contribution is 2.38. The summed E-state index contributed by atoms with van der Waals surface area (Å²) in [6.45, 7) is 4.05. The zero-order valence-electron chi connectivity index (χ0n) is 19.0. The number of nitrogen functional groups attached to an aromatic ring is 1. The number of ether oxygens (including phenoxy) is 2. The topological polar surface area (TPSA) is 100 Å². The number of fused-ring (bicyclic) bond motifs is 1. The van der Waals surface area contributed by atoms with Gasteiger partial charge in [-0.3, -0.25) is 4.68 Å². The minimum Gasteiger partial charge on any atom is -0.497 e. The van der Waals surface area contributed by atoms with Crippen molar-refractivity contribution in [2.45, 2.75) is 38.3 Å². The van der Waals surface area contributed by atoms with Gasteiger partial charge in [0.1, 0.15) is 18.1 Å². The maximum atomic E-state index is 6.23. The van der Waals surface area contributed by atoms with Crippen LogP contribution in [0.3, 0.4) is 0 Å². The van der Waals surface area contributed by atoms with Crippen LogP contribution in [0.1, 0.15) is 31.4 Å². The fourth-order valence-corrected chi connectivity index (χ4v) is 4.40. The number of anilines is 1. The molecule has 33 heavy (non-hydrogen) atoms. The molecule has 0 amide bonds. The lowest BCUT2D eigenvalue weighted by molar-refractivity contribution is 0.223. The van der Waals surface area contributed by atoms with E-state index in [1.54, 1.807) is 19.6 Å². The number of furan rings is 1. The SMILES string of the molecule is COc1ccc(CC(C)Oc2c(N)ncc3c(-c4cnn(C5CCNCC5)c4)coc23)cc1. The van der Waals surface area contributed by atoms with Gasteiger partial charge in [0, 0.05) is 29.9 Å². The van der Waals surface area contributed by atoms with Crippen molar-refractivity contribution in [3.8, 4) is 22.6 Å². The maximum Gasteiger partial charge on any atom is 0.205 e. The van der Waals surface area contributed by atoms with Crippen LogP contribution in [-0.4, -0.2) is 41.1 Å². The molecule has 1 aromatic carbocycles. The summed E-state index contributed by atoms with van der Waals surface area (Å²) in [5.74, 6) is 1.62. The van der Waals surface area contributed by atoms with Crippen LogP contribution in [-0.2, 0) is 6.42 Å². The van der Waals surface area contributed by atoms with Crippen molar-refractivity contribution >= 4 is 16.8 Å². The maximum absolute atomic E-state index is 6.23. The van der Waals surface area contributed by atoms with E-state index in [-0.39, 0.29) is 6.10 Å². The molecule has 8 heteroatoms. The largest absolute Gasteiger partial charge is 0.497 e. The molecule has 0 radical (unpaired) electrons. The molecule has 1 unspecified atom stereocenters. The van der Waals surface area contributed by atoms with E-state index >= 15 is 0 Å². The van der Waals surface area contributed by atoms with Crippen molar-refractivity contribution in [1.82, 2.24) is 20.1 Å². The number of hydrogen-bond donors (Lipinski definition) is 2. The summed E-state index contributed by atoms with van der Waals surface area (Å²) in [6, 6.07) is 8.38. The summed E-state index contributed by atoms with van der Waals surface area (Å²) in [5, 5.41) is 8.87. The van der Waals surface area contributed by atoms with Gasteiger partial charge in [-0.15, -0.1) is 0 Å². The Bertz CT molecular complexity index is 1220. The quantitative estimate of drug-likeness (QED) is 0.437. The van der Waals surface area contributed by atoms with Crippen molar-refractivity contribution < 1.29 is 13.9 Å². The van der Waals surface area contributed by atoms with Gasteiger partial charge in [-0.25, -0.2) is 4.98 Å². The van der Waals surface area contributed by atoms with E-state index in [1.807, 2.05) is 37.4 Å². The molecule has 3 aromatic heterocycles. The number of nitrogens with zero attached hydrogens (tertiary/aromatic N) is 3. The highest BCUT2D eigenvalue weighted by molar-refractivity contribution is 5.97. The van der Waals surface area contributed by atoms with Gasteiger partial charge in [0.15, 0.2) is 11.4 Å². The van der Waals surface area contributed by atoms with Gasteiger partial charge in [-0.1, -0.05) is 12.1 Å². The minimum absolute atomic E-state index is 0.121. The second-order valence-electron chi connectivity index (χ2n) is 8.54. The van der Waals surface area contributed by atoms with Gasteiger partial charge in [0.05, 0.1) is 24.7 Å². The summed E-state index contributed by atoms with van der Waals surface area (Å²) in [4.78, 5) is 4.39. The Morgan fingerprint density at radius 1 is 1.21 bits per heavy atom. The number of piperidine rings is 1. The van der Waals surface area contributed by atoms with Crippen LogP contribution in [0.15, 0.2) is 53.5 Å². The molecule has 0 aliphatic carbocycles. The molecule has 1 aliphatic rings. The Morgan fingerprint density at radius 2 is 2.00 bits per heavy atom. The van der Waals surface area contributed by atoms with Crippen molar-refractivity contribution in [3.63, 3.8) is 0 Å². The average molecular weight is 448 g/mol. The second kappa shape index (κ2) is 9.15. The molecule has 5 rings (SSSR count).